The third-order valence-electron chi connectivity index (χ3n) is 6.89. The Kier molecular flexibility index (Phi) is 4.69. The first-order valence-corrected chi connectivity index (χ1v) is 8.25. The van der Waals surface area contributed by atoms with Crippen molar-refractivity contribution in [1.82, 2.24) is 0 Å². The molecule has 0 aromatic carbocycles. The molecule has 0 bridgehead atoms. The van der Waals surface area contributed by atoms with Crippen LogP contribution in [0.1, 0.15) is 64.2 Å². The first kappa shape index (κ1) is 14.2. The Labute approximate surface area is 143 Å². The van der Waals surface area contributed by atoms with E-state index in [4.69, 9.17) is 0 Å². The molecule has 0 saturated heterocycles. The van der Waals surface area contributed by atoms with Crippen LogP contribution in [-0.2, 0) is 0 Å². The maximum absolute atomic E-state index is 2.59. The van der Waals surface area contributed by atoms with E-state index in [0.29, 0.717) is 0 Å². The Hall–Kier alpha value is 1.26. The summed E-state index contributed by atoms with van der Waals surface area (Å²) in [6, 6.07) is 0. The minimum absolute atomic E-state index is 0. The van der Waals surface area contributed by atoms with Crippen LogP contribution in [0.4, 0.5) is 0 Å². The van der Waals surface area contributed by atoms with Crippen molar-refractivity contribution in [1.29, 1.82) is 0 Å². The molecule has 0 aromatic rings. The van der Waals surface area contributed by atoms with Crippen molar-refractivity contribution in [2.24, 2.45) is 35.5 Å². The smallest absolute Gasteiger partial charge is 0 e. The van der Waals surface area contributed by atoms with Crippen molar-refractivity contribution in [3.63, 3.8) is 0 Å². The first-order chi connectivity index (χ1) is 8.43. The van der Waals surface area contributed by atoms with E-state index in [1.165, 1.54) is 18.8 Å². The molecular weight excluding hydrogens is 369 g/mol. The number of hydrogen-bond donors (Lipinski definition) is 0. The minimum atomic E-state index is 0. The average molecular weight is 396 g/mol. The summed E-state index contributed by atoms with van der Waals surface area (Å²) in [5.74, 6) is 6.88. The second kappa shape index (κ2) is 5.94. The van der Waals surface area contributed by atoms with E-state index in [1.54, 1.807) is 51.4 Å². The summed E-state index contributed by atoms with van der Waals surface area (Å²) in [4.78, 5) is 0. The van der Waals surface area contributed by atoms with E-state index in [-0.39, 0.29) is 37.7 Å². The normalized spacial score (nSPS) is 50.7. The average Bonchev–Trinajstić information content (AvgIpc) is 2.86. The molecule has 1 radical (unpaired) electrons. The third-order valence-corrected chi connectivity index (χ3v) is 6.89. The second-order valence-electron chi connectivity index (χ2n) is 7.36. The van der Waals surface area contributed by atoms with Crippen LogP contribution in [0.5, 0.6) is 0 Å². The van der Waals surface area contributed by atoms with Gasteiger partial charge in [0.05, 0.1) is 0 Å². The maximum Gasteiger partial charge on any atom is 0 e. The van der Waals surface area contributed by atoms with Gasteiger partial charge in [-0.25, -0.2) is 0 Å². The molecule has 4 saturated carbocycles. The molecule has 0 nitrogen and oxygen atoms in total. The Balaban J connectivity index is 0.000001000. The Morgan fingerprint density at radius 1 is 0.611 bits per heavy atom. The molecule has 0 amide bonds. The van der Waals surface area contributed by atoms with Gasteiger partial charge in [-0.1, -0.05) is 31.6 Å². The summed E-state index contributed by atoms with van der Waals surface area (Å²) in [6.07, 6.45) is 18.1. The molecule has 4 aliphatic rings. The summed E-state index contributed by atoms with van der Waals surface area (Å²) >= 11 is 0. The van der Waals surface area contributed by atoms with E-state index in [1.807, 2.05) is 0 Å². The van der Waals surface area contributed by atoms with Crippen molar-refractivity contribution in [2.45, 2.75) is 64.2 Å². The van der Waals surface area contributed by atoms with Crippen LogP contribution in [0.15, 0.2) is 0 Å². The third kappa shape index (κ3) is 2.33. The van der Waals surface area contributed by atoms with Crippen molar-refractivity contribution in [3.05, 3.63) is 6.42 Å². The van der Waals surface area contributed by atoms with E-state index in [9.17, 15) is 0 Å². The molecule has 4 aliphatic carbocycles. The van der Waals surface area contributed by atoms with Crippen LogP contribution in [0.25, 0.3) is 0 Å². The van der Waals surface area contributed by atoms with Crippen LogP contribution < -0.4 is 0 Å². The topological polar surface area (TPSA) is 0 Å². The Morgan fingerprint density at radius 3 is 2.17 bits per heavy atom. The SMILES string of the molecule is [CH-]1CCC2C(C1)CCC1C3CCCC3CCC21.[Ho]. The molecule has 18 heavy (non-hydrogen) atoms. The van der Waals surface area contributed by atoms with Gasteiger partial charge in [-0.15, -0.1) is 0 Å². The van der Waals surface area contributed by atoms with Crippen molar-refractivity contribution >= 4 is 0 Å². The fraction of sp³-hybridized carbons (Fsp3) is 0.941. The second-order valence-corrected chi connectivity index (χ2v) is 7.36. The summed E-state index contributed by atoms with van der Waals surface area (Å²) in [7, 11) is 0. The van der Waals surface area contributed by atoms with Crippen LogP contribution in [0, 0.1) is 79.7 Å². The maximum atomic E-state index is 2.59. The van der Waals surface area contributed by atoms with Gasteiger partial charge in [0.25, 0.3) is 0 Å². The number of rotatable bonds is 0. The van der Waals surface area contributed by atoms with Crippen LogP contribution in [0.2, 0.25) is 0 Å². The van der Waals surface area contributed by atoms with Crippen molar-refractivity contribution in [3.8, 4) is 0 Å². The summed E-state index contributed by atoms with van der Waals surface area (Å²) in [5.41, 5.74) is 0. The van der Waals surface area contributed by atoms with Gasteiger partial charge in [-0.05, 0) is 55.3 Å². The molecule has 0 spiro atoms. The Morgan fingerprint density at radius 2 is 1.33 bits per heavy atom. The van der Waals surface area contributed by atoms with E-state index >= 15 is 0 Å². The molecule has 4 rings (SSSR count). The zero-order valence-corrected chi connectivity index (χ0v) is 13.3. The summed E-state index contributed by atoms with van der Waals surface area (Å²) in [6.45, 7) is 0. The minimum Gasteiger partial charge on any atom is -0.328 e. The van der Waals surface area contributed by atoms with Crippen LogP contribution in [0.3, 0.4) is 0 Å². The van der Waals surface area contributed by atoms with E-state index < -0.39 is 0 Å². The Bertz CT molecular complexity index is 287. The van der Waals surface area contributed by atoms with Gasteiger partial charge < -0.3 is 6.42 Å². The van der Waals surface area contributed by atoms with Gasteiger partial charge in [0.1, 0.15) is 0 Å². The van der Waals surface area contributed by atoms with Crippen molar-refractivity contribution in [2.75, 3.05) is 0 Å². The number of fused-ring (bicyclic) bond motifs is 5. The molecule has 1 heteroatoms. The van der Waals surface area contributed by atoms with Crippen LogP contribution in [-0.4, -0.2) is 0 Å². The number of hydrogen-bond acceptors (Lipinski definition) is 0. The molecule has 6 unspecified atom stereocenters. The van der Waals surface area contributed by atoms with E-state index in [0.717, 1.165) is 29.6 Å². The van der Waals surface area contributed by atoms with Gasteiger partial charge in [0, 0.05) is 37.7 Å². The molecule has 0 N–H and O–H groups in total. The van der Waals surface area contributed by atoms with Crippen molar-refractivity contribution < 1.29 is 37.7 Å². The van der Waals surface area contributed by atoms with Crippen LogP contribution >= 0.6 is 0 Å². The summed E-state index contributed by atoms with van der Waals surface area (Å²) < 4.78 is 0. The monoisotopic (exact) mass is 396 g/mol. The summed E-state index contributed by atoms with van der Waals surface area (Å²) in [5, 5.41) is 0. The molecule has 0 heterocycles. The largest absolute Gasteiger partial charge is 0.328 e. The molecule has 107 valence electrons. The molecule has 0 aromatic heterocycles. The fourth-order valence-corrected chi connectivity index (χ4v) is 6.24. The van der Waals surface area contributed by atoms with E-state index in [2.05, 4.69) is 6.42 Å². The van der Waals surface area contributed by atoms with Gasteiger partial charge >= 0.3 is 0 Å². The standard InChI is InChI=1S/C17H27.Ho/c1-2-6-14-12(4-1)8-10-17-15-7-3-5-13(15)9-11-16(14)17;/h1,12-17H,2-11H2;/q-1;. The van der Waals surface area contributed by atoms with Gasteiger partial charge in [-0.2, -0.15) is 12.8 Å². The van der Waals surface area contributed by atoms with Gasteiger partial charge in [-0.3, -0.25) is 0 Å². The zero-order chi connectivity index (χ0) is 11.2. The predicted molar refractivity (Wildman–Crippen MR) is 71.4 cm³/mol. The molecule has 0 aliphatic heterocycles. The quantitative estimate of drug-likeness (QED) is 0.406. The van der Waals surface area contributed by atoms with Gasteiger partial charge in [0.15, 0.2) is 0 Å². The fourth-order valence-electron chi connectivity index (χ4n) is 6.24. The molecule has 6 atom stereocenters. The first-order valence-electron chi connectivity index (χ1n) is 8.25. The zero-order valence-electron chi connectivity index (χ0n) is 11.4. The predicted octanol–water partition coefficient (Wildman–Crippen LogP) is 4.84. The molecular formula is C17H27Ho-. The van der Waals surface area contributed by atoms with Gasteiger partial charge in [0.2, 0.25) is 0 Å². The molecule has 4 fully saturated rings.